The lowest BCUT2D eigenvalue weighted by atomic mass is 10.2. The molecule has 26 heavy (non-hydrogen) atoms. The predicted octanol–water partition coefficient (Wildman–Crippen LogP) is 3.78. The summed E-state index contributed by atoms with van der Waals surface area (Å²) in [5.41, 5.74) is 1.15. The highest BCUT2D eigenvalue weighted by atomic mass is 32.2. The number of thioether (sulfide) groups is 1. The molecule has 3 aromatic rings. The second-order valence-corrected chi connectivity index (χ2v) is 6.08. The topological polar surface area (TPSA) is 87.3 Å². The molecule has 0 radical (unpaired) electrons. The number of esters is 1. The van der Waals surface area contributed by atoms with Gasteiger partial charge in [0, 0.05) is 11.8 Å². The normalized spacial score (nSPS) is 11.8. The minimum absolute atomic E-state index is 0.221. The molecule has 0 saturated carbocycles. The van der Waals surface area contributed by atoms with Crippen LogP contribution in [0.2, 0.25) is 0 Å². The maximum Gasteiger partial charge on any atom is 0.341 e. The van der Waals surface area contributed by atoms with Crippen molar-refractivity contribution in [1.29, 1.82) is 0 Å². The van der Waals surface area contributed by atoms with Gasteiger partial charge in [0.1, 0.15) is 10.8 Å². The first kappa shape index (κ1) is 17.9. The average molecular weight is 371 g/mol. The molecule has 2 heterocycles. The zero-order chi connectivity index (χ0) is 18.5. The van der Waals surface area contributed by atoms with E-state index < -0.39 is 12.1 Å². The number of carbonyl (C=O) groups is 1. The lowest BCUT2D eigenvalue weighted by molar-refractivity contribution is 0.0275. The fraction of sp³-hybridized carbons (Fsp3) is 0.222. The first-order valence-electron chi connectivity index (χ1n) is 7.80. The van der Waals surface area contributed by atoms with Crippen LogP contribution in [0, 0.1) is 0 Å². The zero-order valence-electron chi connectivity index (χ0n) is 14.5. The Balaban J connectivity index is 1.73. The van der Waals surface area contributed by atoms with Gasteiger partial charge in [0.2, 0.25) is 5.89 Å². The van der Waals surface area contributed by atoms with Gasteiger partial charge in [-0.1, -0.05) is 0 Å². The molecule has 0 bridgehead atoms. The van der Waals surface area contributed by atoms with E-state index in [1.807, 2.05) is 18.4 Å². The molecule has 0 fully saturated rings. The van der Waals surface area contributed by atoms with Crippen molar-refractivity contribution >= 4 is 17.7 Å². The van der Waals surface area contributed by atoms with E-state index in [-0.39, 0.29) is 5.89 Å². The Labute approximate surface area is 154 Å². The van der Waals surface area contributed by atoms with Crippen LogP contribution in [-0.2, 0) is 4.74 Å². The van der Waals surface area contributed by atoms with Gasteiger partial charge in [-0.15, -0.1) is 22.0 Å². The third kappa shape index (κ3) is 3.85. The highest BCUT2D eigenvalue weighted by molar-refractivity contribution is 7.98. The van der Waals surface area contributed by atoms with E-state index in [0.717, 1.165) is 11.3 Å². The second-order valence-electron chi connectivity index (χ2n) is 5.28. The molecular formula is C18H17N3O4S. The second kappa shape index (κ2) is 8.01. The lowest BCUT2D eigenvalue weighted by Crippen LogP contribution is -2.11. The van der Waals surface area contributed by atoms with E-state index in [2.05, 4.69) is 15.2 Å². The van der Waals surface area contributed by atoms with Crippen molar-refractivity contribution < 1.29 is 18.7 Å². The number of ether oxygens (including phenoxy) is 2. The van der Waals surface area contributed by atoms with Gasteiger partial charge >= 0.3 is 5.97 Å². The average Bonchev–Trinajstić information content (AvgIpc) is 3.18. The van der Waals surface area contributed by atoms with Crippen molar-refractivity contribution in [2.45, 2.75) is 18.1 Å². The number of aromatic nitrogens is 3. The maximum atomic E-state index is 12.4. The Bertz CT molecular complexity index is 895. The standard InChI is InChI=1S/C18H17N3O4S/c1-11(24-18(22)14-5-4-10-19-17(14)26-3)15-20-21-16(25-15)12-6-8-13(23-2)9-7-12/h4-11H,1-3H3/t11-/m0/s1. The van der Waals surface area contributed by atoms with Gasteiger partial charge in [-0.25, -0.2) is 9.78 Å². The van der Waals surface area contributed by atoms with Crippen molar-refractivity contribution in [3.8, 4) is 17.2 Å². The fourth-order valence-electron chi connectivity index (χ4n) is 2.23. The third-order valence-corrected chi connectivity index (χ3v) is 4.31. The summed E-state index contributed by atoms with van der Waals surface area (Å²) < 4.78 is 16.2. The van der Waals surface area contributed by atoms with Gasteiger partial charge in [-0.05, 0) is 49.6 Å². The molecule has 3 rings (SSSR count). The maximum absolute atomic E-state index is 12.4. The van der Waals surface area contributed by atoms with Crippen LogP contribution < -0.4 is 4.74 Å². The number of benzene rings is 1. The van der Waals surface area contributed by atoms with Gasteiger partial charge in [0.25, 0.3) is 5.89 Å². The van der Waals surface area contributed by atoms with E-state index in [1.165, 1.54) is 11.8 Å². The number of rotatable bonds is 6. The van der Waals surface area contributed by atoms with Crippen LogP contribution in [0.3, 0.4) is 0 Å². The molecule has 0 N–H and O–H groups in total. The van der Waals surface area contributed by atoms with Crippen LogP contribution in [0.15, 0.2) is 52.0 Å². The predicted molar refractivity (Wildman–Crippen MR) is 96.1 cm³/mol. The van der Waals surface area contributed by atoms with E-state index in [4.69, 9.17) is 13.9 Å². The lowest BCUT2D eigenvalue weighted by Gasteiger charge is -2.10. The van der Waals surface area contributed by atoms with Gasteiger partial charge in [0.05, 0.1) is 12.7 Å². The smallest absolute Gasteiger partial charge is 0.341 e. The molecule has 0 aliphatic heterocycles. The molecule has 0 saturated heterocycles. The summed E-state index contributed by atoms with van der Waals surface area (Å²) in [7, 11) is 1.60. The number of methoxy groups -OCH3 is 1. The van der Waals surface area contributed by atoms with Gasteiger partial charge in [-0.2, -0.15) is 0 Å². The summed E-state index contributed by atoms with van der Waals surface area (Å²) in [6, 6.07) is 10.6. The summed E-state index contributed by atoms with van der Waals surface area (Å²) in [6.45, 7) is 1.68. The molecule has 0 spiro atoms. The number of hydrogen-bond donors (Lipinski definition) is 0. The van der Waals surface area contributed by atoms with E-state index in [0.29, 0.717) is 16.5 Å². The molecule has 0 aliphatic rings. The quantitative estimate of drug-likeness (QED) is 0.478. The van der Waals surface area contributed by atoms with Crippen molar-refractivity contribution in [3.63, 3.8) is 0 Å². The minimum Gasteiger partial charge on any atom is -0.497 e. The SMILES string of the molecule is COc1ccc(-c2nnc([C@H](C)OC(=O)c3cccnc3SC)o2)cc1. The summed E-state index contributed by atoms with van der Waals surface area (Å²) in [6.07, 6.45) is 2.80. The molecule has 0 amide bonds. The number of nitrogens with zero attached hydrogens (tertiary/aromatic N) is 3. The highest BCUT2D eigenvalue weighted by Crippen LogP contribution is 2.25. The Morgan fingerprint density at radius 3 is 2.65 bits per heavy atom. The summed E-state index contributed by atoms with van der Waals surface area (Å²) in [5.74, 6) is 0.812. The van der Waals surface area contributed by atoms with Crippen molar-refractivity contribution in [1.82, 2.24) is 15.2 Å². The molecule has 2 aromatic heterocycles. The Kier molecular flexibility index (Phi) is 5.52. The van der Waals surface area contributed by atoms with Gasteiger partial charge in [0.15, 0.2) is 6.10 Å². The van der Waals surface area contributed by atoms with Crippen molar-refractivity contribution in [2.24, 2.45) is 0 Å². The van der Waals surface area contributed by atoms with Crippen molar-refractivity contribution in [2.75, 3.05) is 13.4 Å². The van der Waals surface area contributed by atoms with Crippen LogP contribution in [-0.4, -0.2) is 34.5 Å². The number of hydrogen-bond acceptors (Lipinski definition) is 8. The molecular weight excluding hydrogens is 354 g/mol. The summed E-state index contributed by atoms with van der Waals surface area (Å²) in [4.78, 5) is 16.5. The molecule has 7 nitrogen and oxygen atoms in total. The monoisotopic (exact) mass is 371 g/mol. The minimum atomic E-state index is -0.683. The highest BCUT2D eigenvalue weighted by Gasteiger charge is 2.21. The first-order chi connectivity index (χ1) is 12.6. The van der Waals surface area contributed by atoms with Crippen molar-refractivity contribution in [3.05, 3.63) is 54.0 Å². The molecule has 1 atom stereocenters. The van der Waals surface area contributed by atoms with E-state index in [1.54, 1.807) is 44.5 Å². The van der Waals surface area contributed by atoms with Crippen LogP contribution in [0.25, 0.3) is 11.5 Å². The largest absolute Gasteiger partial charge is 0.497 e. The Hall–Kier alpha value is -2.87. The summed E-state index contributed by atoms with van der Waals surface area (Å²) in [5, 5.41) is 8.60. The van der Waals surface area contributed by atoms with Crippen LogP contribution >= 0.6 is 11.8 Å². The van der Waals surface area contributed by atoms with Crippen LogP contribution in [0.4, 0.5) is 0 Å². The van der Waals surface area contributed by atoms with E-state index in [9.17, 15) is 4.79 Å². The molecule has 8 heteroatoms. The number of pyridine rings is 1. The fourth-order valence-corrected chi connectivity index (χ4v) is 2.77. The number of carbonyl (C=O) groups excluding carboxylic acids is 1. The van der Waals surface area contributed by atoms with E-state index >= 15 is 0 Å². The zero-order valence-corrected chi connectivity index (χ0v) is 15.3. The molecule has 0 unspecified atom stereocenters. The summed E-state index contributed by atoms with van der Waals surface area (Å²) >= 11 is 1.38. The molecule has 0 aliphatic carbocycles. The van der Waals surface area contributed by atoms with Gasteiger partial charge < -0.3 is 13.9 Å². The third-order valence-electron chi connectivity index (χ3n) is 3.59. The van der Waals surface area contributed by atoms with Crippen LogP contribution in [0.5, 0.6) is 5.75 Å². The van der Waals surface area contributed by atoms with Gasteiger partial charge in [-0.3, -0.25) is 0 Å². The molecule has 134 valence electrons. The Morgan fingerprint density at radius 2 is 1.96 bits per heavy atom. The van der Waals surface area contributed by atoms with Crippen LogP contribution in [0.1, 0.15) is 29.3 Å². The first-order valence-corrected chi connectivity index (χ1v) is 9.02. The Morgan fingerprint density at radius 1 is 1.19 bits per heavy atom. The molecule has 1 aromatic carbocycles.